The van der Waals surface area contributed by atoms with Gasteiger partial charge in [-0.1, -0.05) is 0 Å². The van der Waals surface area contributed by atoms with Gasteiger partial charge in [-0.05, 0) is 12.3 Å². The highest BCUT2D eigenvalue weighted by Gasteiger charge is 1.70. The van der Waals surface area contributed by atoms with Crippen LogP contribution < -0.4 is 5.73 Å². The quantitative estimate of drug-likeness (QED) is 0.313. The molecule has 0 aromatic rings. The lowest BCUT2D eigenvalue weighted by Crippen LogP contribution is -1.82. The highest BCUT2D eigenvalue weighted by Crippen LogP contribution is 1.71. The van der Waals surface area contributed by atoms with Crippen molar-refractivity contribution in [2.24, 2.45) is 11.1 Å². The van der Waals surface area contributed by atoms with Gasteiger partial charge in [0.1, 0.15) is 6.61 Å². The highest BCUT2D eigenvalue weighted by molar-refractivity contribution is 4.73. The Hall–Kier alpha value is -1.06. The second-order valence-corrected chi connectivity index (χ2v) is 0.798. The van der Waals surface area contributed by atoms with Crippen molar-refractivity contribution in [1.82, 2.24) is 0 Å². The van der Waals surface area contributed by atoms with Crippen molar-refractivity contribution in [2.45, 2.75) is 0 Å². The number of hydrogen-bond donors (Lipinski definition) is 1. The maximum absolute atomic E-state index is 9.13. The third-order valence-electron chi connectivity index (χ3n) is 0.360. The molecule has 0 aliphatic carbocycles. The molecule has 7 heavy (non-hydrogen) atoms. The summed E-state index contributed by atoms with van der Waals surface area (Å²) in [6.07, 6.45) is 2.76. The van der Waals surface area contributed by atoms with Gasteiger partial charge < -0.3 is 10.6 Å². The van der Waals surface area contributed by atoms with Crippen LogP contribution in [0.1, 0.15) is 0 Å². The van der Waals surface area contributed by atoms with Crippen molar-refractivity contribution in [2.75, 3.05) is 6.61 Å². The molecule has 0 aliphatic rings. The van der Waals surface area contributed by atoms with E-state index in [1.807, 2.05) is 0 Å². The Kier molecular flexibility index (Phi) is 4.19. The Labute approximate surface area is 40.9 Å². The van der Waals surface area contributed by atoms with Crippen LogP contribution in [-0.2, 0) is 4.84 Å². The molecule has 0 heterocycles. The van der Waals surface area contributed by atoms with E-state index in [1.54, 1.807) is 0 Å². The van der Waals surface area contributed by atoms with Crippen LogP contribution in [-0.4, -0.2) is 6.61 Å². The van der Waals surface area contributed by atoms with E-state index in [0.29, 0.717) is 0 Å². The Morgan fingerprint density at radius 3 is 3.00 bits per heavy atom. The largest absolute Gasteiger partial charge is 0.405 e. The van der Waals surface area contributed by atoms with Gasteiger partial charge in [-0.25, -0.2) is 0 Å². The zero-order valence-electron chi connectivity index (χ0n) is 3.70. The van der Waals surface area contributed by atoms with E-state index in [1.165, 1.54) is 12.3 Å². The number of rotatable bonds is 3. The van der Waals surface area contributed by atoms with Crippen molar-refractivity contribution in [3.05, 3.63) is 17.2 Å². The molecular formula is C3H6N2O2. The van der Waals surface area contributed by atoms with Crippen LogP contribution in [0.25, 0.3) is 0 Å². The van der Waals surface area contributed by atoms with Crippen molar-refractivity contribution in [3.8, 4) is 0 Å². The molecule has 4 nitrogen and oxygen atoms in total. The SMILES string of the molecule is NC=CCON=O. The third-order valence-corrected chi connectivity index (χ3v) is 0.360. The molecule has 0 atom stereocenters. The third kappa shape index (κ3) is 4.94. The summed E-state index contributed by atoms with van der Waals surface area (Å²) in [5.74, 6) is 0. The second-order valence-electron chi connectivity index (χ2n) is 0.798. The van der Waals surface area contributed by atoms with Crippen molar-refractivity contribution in [3.63, 3.8) is 0 Å². The van der Waals surface area contributed by atoms with Crippen LogP contribution in [0.15, 0.2) is 17.6 Å². The molecule has 0 radical (unpaired) electrons. The Balaban J connectivity index is 2.82. The van der Waals surface area contributed by atoms with Crippen LogP contribution in [0.4, 0.5) is 0 Å². The van der Waals surface area contributed by atoms with Gasteiger partial charge in [-0.15, -0.1) is 4.91 Å². The summed E-state index contributed by atoms with van der Waals surface area (Å²) >= 11 is 0. The van der Waals surface area contributed by atoms with E-state index in [9.17, 15) is 0 Å². The summed E-state index contributed by atoms with van der Waals surface area (Å²) in [4.78, 5) is 13.1. The fraction of sp³-hybridized carbons (Fsp3) is 0.333. The molecule has 40 valence electrons. The minimum atomic E-state index is 0.153. The average molecular weight is 102 g/mol. The molecule has 0 unspecified atom stereocenters. The van der Waals surface area contributed by atoms with Gasteiger partial charge in [0.2, 0.25) is 0 Å². The predicted octanol–water partition coefficient (Wildman–Crippen LogP) is 0.157. The standard InChI is InChI=1S/C3H6N2O2/c4-2-1-3-7-5-6/h1-2H,3-4H2. The predicted molar refractivity (Wildman–Crippen MR) is 25.1 cm³/mol. The average Bonchev–Trinajstić information content (AvgIpc) is 1.69. The van der Waals surface area contributed by atoms with E-state index >= 15 is 0 Å². The molecule has 0 aliphatic heterocycles. The van der Waals surface area contributed by atoms with Gasteiger partial charge in [0.25, 0.3) is 0 Å². The molecule has 0 bridgehead atoms. The molecule has 0 amide bonds. The zero-order chi connectivity index (χ0) is 5.54. The molecule has 0 rings (SSSR count). The summed E-state index contributed by atoms with van der Waals surface area (Å²) in [7, 11) is 0. The number of nitrogens with zero attached hydrogens (tertiary/aromatic N) is 1. The lowest BCUT2D eigenvalue weighted by atomic mass is 10.7. The smallest absolute Gasteiger partial charge is 0.155 e. The van der Waals surface area contributed by atoms with E-state index < -0.39 is 0 Å². The fourth-order valence-electron chi connectivity index (χ4n) is 0.129. The summed E-state index contributed by atoms with van der Waals surface area (Å²) in [5.41, 5.74) is 4.87. The van der Waals surface area contributed by atoms with Crippen LogP contribution in [0.5, 0.6) is 0 Å². The van der Waals surface area contributed by atoms with Crippen molar-refractivity contribution < 1.29 is 4.84 Å². The lowest BCUT2D eigenvalue weighted by molar-refractivity contribution is 0.169. The Morgan fingerprint density at radius 1 is 1.86 bits per heavy atom. The van der Waals surface area contributed by atoms with E-state index in [4.69, 9.17) is 10.6 Å². The molecular weight excluding hydrogens is 96.0 g/mol. The first kappa shape index (κ1) is 5.94. The highest BCUT2D eigenvalue weighted by atomic mass is 16.7. The molecule has 0 aromatic carbocycles. The first-order valence-corrected chi connectivity index (χ1v) is 1.73. The summed E-state index contributed by atoms with van der Waals surface area (Å²) < 4.78 is 0. The topological polar surface area (TPSA) is 64.7 Å². The summed E-state index contributed by atoms with van der Waals surface area (Å²) in [6, 6.07) is 0. The summed E-state index contributed by atoms with van der Waals surface area (Å²) in [5, 5.41) is 2.12. The van der Waals surface area contributed by atoms with Gasteiger partial charge in [-0.3, -0.25) is 0 Å². The van der Waals surface area contributed by atoms with Gasteiger partial charge in [0.05, 0.1) is 0 Å². The van der Waals surface area contributed by atoms with Crippen LogP contribution in [0, 0.1) is 4.91 Å². The first-order chi connectivity index (χ1) is 3.41. The molecule has 0 saturated carbocycles. The second kappa shape index (κ2) is 4.94. The molecule has 0 fully saturated rings. The maximum Gasteiger partial charge on any atom is 0.155 e. The summed E-state index contributed by atoms with van der Waals surface area (Å²) in [6.45, 7) is 0.153. The molecule has 2 N–H and O–H groups in total. The minimum absolute atomic E-state index is 0.153. The van der Waals surface area contributed by atoms with E-state index in [0.717, 1.165) is 0 Å². The molecule has 4 heteroatoms. The van der Waals surface area contributed by atoms with Gasteiger partial charge in [0, 0.05) is 0 Å². The Bertz CT molecular complexity index is 71.3. The Morgan fingerprint density at radius 2 is 2.57 bits per heavy atom. The molecule has 0 spiro atoms. The van der Waals surface area contributed by atoms with Gasteiger partial charge in [0.15, 0.2) is 5.34 Å². The number of hydrogen-bond acceptors (Lipinski definition) is 4. The monoisotopic (exact) mass is 102 g/mol. The van der Waals surface area contributed by atoms with Crippen LogP contribution in [0.3, 0.4) is 0 Å². The van der Waals surface area contributed by atoms with E-state index in [-0.39, 0.29) is 6.61 Å². The maximum atomic E-state index is 9.13. The van der Waals surface area contributed by atoms with Gasteiger partial charge >= 0.3 is 0 Å². The number of nitrogens with two attached hydrogens (primary N) is 1. The zero-order valence-corrected chi connectivity index (χ0v) is 3.70. The van der Waals surface area contributed by atoms with Crippen LogP contribution in [0.2, 0.25) is 0 Å². The first-order valence-electron chi connectivity index (χ1n) is 1.73. The van der Waals surface area contributed by atoms with E-state index in [2.05, 4.69) is 10.2 Å². The van der Waals surface area contributed by atoms with Crippen LogP contribution >= 0.6 is 0 Å². The van der Waals surface area contributed by atoms with Crippen molar-refractivity contribution >= 4 is 0 Å². The minimum Gasteiger partial charge on any atom is -0.405 e. The fourth-order valence-corrected chi connectivity index (χ4v) is 0.129. The molecule has 0 saturated heterocycles. The molecule has 0 aromatic heterocycles. The van der Waals surface area contributed by atoms with Crippen molar-refractivity contribution in [1.29, 1.82) is 0 Å². The lowest BCUT2D eigenvalue weighted by Gasteiger charge is -1.80. The van der Waals surface area contributed by atoms with Gasteiger partial charge in [-0.2, -0.15) is 0 Å². The normalized spacial score (nSPS) is 9.14.